The van der Waals surface area contributed by atoms with Gasteiger partial charge >= 0.3 is 12.1 Å². The molecule has 1 aromatic rings. The van der Waals surface area contributed by atoms with Crippen molar-refractivity contribution in [1.29, 1.82) is 0 Å². The molecule has 0 aliphatic carbocycles. The molecule has 0 bridgehead atoms. The summed E-state index contributed by atoms with van der Waals surface area (Å²) in [6.07, 6.45) is -0.331. The Morgan fingerprint density at radius 2 is 2.04 bits per heavy atom. The molecule has 0 saturated carbocycles. The predicted molar refractivity (Wildman–Crippen MR) is 86.3 cm³/mol. The number of imide groups is 1. The van der Waals surface area contributed by atoms with Crippen LogP contribution < -0.4 is 10.2 Å². The van der Waals surface area contributed by atoms with E-state index in [1.54, 1.807) is 26.8 Å². The molecule has 24 heavy (non-hydrogen) atoms. The topological polar surface area (TPSA) is 95.9 Å². The summed E-state index contributed by atoms with van der Waals surface area (Å²) in [7, 11) is 0. The van der Waals surface area contributed by atoms with Gasteiger partial charge in [-0.25, -0.2) is 14.5 Å². The third-order valence-corrected chi connectivity index (χ3v) is 4.34. The standard InChI is InChI=1S/C17H20N2O5/c1-16(2,3)24-15(23)19-11-6-4-5-10(13(20)21)12(11)17(14(19)22)7-8-18-9-17/h4-6,18H,7-9H2,1-3H3,(H,20,21). The largest absolute Gasteiger partial charge is 0.478 e. The Morgan fingerprint density at radius 3 is 2.58 bits per heavy atom. The number of nitrogens with zero attached hydrogens (tertiary/aromatic N) is 1. The maximum absolute atomic E-state index is 13.1. The second-order valence-corrected chi connectivity index (χ2v) is 7.13. The van der Waals surface area contributed by atoms with Crippen molar-refractivity contribution in [2.45, 2.75) is 38.2 Å². The van der Waals surface area contributed by atoms with E-state index >= 15 is 0 Å². The summed E-state index contributed by atoms with van der Waals surface area (Å²) in [5.74, 6) is -1.54. The number of fused-ring (bicyclic) bond motifs is 2. The zero-order chi connectivity index (χ0) is 17.7. The van der Waals surface area contributed by atoms with Crippen LogP contribution in [0.25, 0.3) is 0 Å². The lowest BCUT2D eigenvalue weighted by molar-refractivity contribution is -0.122. The third-order valence-electron chi connectivity index (χ3n) is 4.34. The first-order chi connectivity index (χ1) is 11.2. The fourth-order valence-corrected chi connectivity index (χ4v) is 3.41. The van der Waals surface area contributed by atoms with E-state index in [2.05, 4.69) is 5.32 Å². The van der Waals surface area contributed by atoms with E-state index < -0.39 is 29.0 Å². The summed E-state index contributed by atoms with van der Waals surface area (Å²) in [4.78, 5) is 38.3. The summed E-state index contributed by atoms with van der Waals surface area (Å²) < 4.78 is 5.35. The molecule has 7 heteroatoms. The minimum atomic E-state index is -1.11. The van der Waals surface area contributed by atoms with E-state index in [0.717, 1.165) is 4.90 Å². The van der Waals surface area contributed by atoms with Crippen molar-refractivity contribution in [2.24, 2.45) is 0 Å². The third kappa shape index (κ3) is 2.36. The maximum Gasteiger partial charge on any atom is 0.421 e. The van der Waals surface area contributed by atoms with E-state index in [1.165, 1.54) is 12.1 Å². The fraction of sp³-hybridized carbons (Fsp3) is 0.471. The molecule has 2 N–H and O–H groups in total. The fourth-order valence-electron chi connectivity index (χ4n) is 3.41. The van der Waals surface area contributed by atoms with Crippen molar-refractivity contribution >= 4 is 23.7 Å². The zero-order valence-electron chi connectivity index (χ0n) is 13.9. The molecule has 2 amide bonds. The van der Waals surface area contributed by atoms with E-state index in [1.807, 2.05) is 0 Å². The van der Waals surface area contributed by atoms with Crippen LogP contribution in [0.5, 0.6) is 0 Å². The molecule has 1 fully saturated rings. The van der Waals surface area contributed by atoms with Crippen LogP contribution in [0.2, 0.25) is 0 Å². The van der Waals surface area contributed by atoms with Gasteiger partial charge in [0.2, 0.25) is 5.91 Å². The van der Waals surface area contributed by atoms with Crippen molar-refractivity contribution in [3.05, 3.63) is 29.3 Å². The van der Waals surface area contributed by atoms with Gasteiger partial charge in [0.05, 0.1) is 16.7 Å². The van der Waals surface area contributed by atoms with Crippen molar-refractivity contribution in [2.75, 3.05) is 18.0 Å². The number of carbonyl (C=O) groups excluding carboxylic acids is 2. The highest BCUT2D eigenvalue weighted by atomic mass is 16.6. The number of anilines is 1. The molecule has 0 radical (unpaired) electrons. The van der Waals surface area contributed by atoms with Gasteiger partial charge in [-0.2, -0.15) is 0 Å². The summed E-state index contributed by atoms with van der Waals surface area (Å²) in [6.45, 7) is 6.04. The van der Waals surface area contributed by atoms with Gasteiger partial charge in [-0.1, -0.05) is 6.07 Å². The maximum atomic E-state index is 13.1. The molecule has 3 rings (SSSR count). The predicted octanol–water partition coefficient (Wildman–Crippen LogP) is 1.90. The van der Waals surface area contributed by atoms with Crippen LogP contribution in [0.15, 0.2) is 18.2 Å². The highest BCUT2D eigenvalue weighted by Gasteiger charge is 2.56. The second-order valence-electron chi connectivity index (χ2n) is 7.13. The Morgan fingerprint density at radius 1 is 1.33 bits per heavy atom. The molecule has 1 aromatic carbocycles. The number of nitrogens with one attached hydrogen (secondary N) is 1. The lowest BCUT2D eigenvalue weighted by atomic mass is 9.78. The molecule has 7 nitrogen and oxygen atoms in total. The summed E-state index contributed by atoms with van der Waals surface area (Å²) >= 11 is 0. The van der Waals surface area contributed by atoms with Crippen LogP contribution in [0.3, 0.4) is 0 Å². The smallest absolute Gasteiger partial charge is 0.421 e. The molecule has 1 unspecified atom stereocenters. The Balaban J connectivity index is 2.16. The van der Waals surface area contributed by atoms with E-state index in [-0.39, 0.29) is 5.56 Å². The Kier molecular flexibility index (Phi) is 3.64. The molecule has 1 saturated heterocycles. The van der Waals surface area contributed by atoms with Crippen molar-refractivity contribution < 1.29 is 24.2 Å². The van der Waals surface area contributed by atoms with Crippen LogP contribution in [0.1, 0.15) is 43.1 Å². The minimum absolute atomic E-state index is 0.0515. The molecular formula is C17H20N2O5. The molecule has 2 heterocycles. The minimum Gasteiger partial charge on any atom is -0.478 e. The van der Waals surface area contributed by atoms with Crippen molar-refractivity contribution in [3.8, 4) is 0 Å². The molecule has 1 spiro atoms. The number of amides is 2. The van der Waals surface area contributed by atoms with Crippen molar-refractivity contribution in [3.63, 3.8) is 0 Å². The number of hydrogen-bond acceptors (Lipinski definition) is 5. The second kappa shape index (κ2) is 5.31. The van der Waals surface area contributed by atoms with Crippen LogP contribution in [0, 0.1) is 0 Å². The van der Waals surface area contributed by atoms with Crippen LogP contribution in [-0.2, 0) is 14.9 Å². The number of hydrogen-bond donors (Lipinski definition) is 2. The van der Waals surface area contributed by atoms with Gasteiger partial charge in [0.25, 0.3) is 0 Å². The number of aromatic carboxylic acids is 1. The monoisotopic (exact) mass is 332 g/mol. The first-order valence-electron chi connectivity index (χ1n) is 7.82. The van der Waals surface area contributed by atoms with Gasteiger partial charge in [0.1, 0.15) is 5.60 Å². The molecule has 2 aliphatic rings. The Labute approximate surface area is 139 Å². The van der Waals surface area contributed by atoms with Crippen LogP contribution in [-0.4, -0.2) is 41.8 Å². The number of rotatable bonds is 1. The quantitative estimate of drug-likeness (QED) is 0.815. The number of ether oxygens (including phenoxy) is 1. The Hall–Kier alpha value is -2.41. The van der Waals surface area contributed by atoms with Gasteiger partial charge in [-0.15, -0.1) is 0 Å². The average molecular weight is 332 g/mol. The first kappa shape index (κ1) is 16.4. The highest BCUT2D eigenvalue weighted by Crippen LogP contribution is 2.47. The SMILES string of the molecule is CC(C)(C)OC(=O)N1C(=O)C2(CCNC2)c2c(C(=O)O)cccc21. The normalized spacial score (nSPS) is 22.8. The van der Waals surface area contributed by atoms with Crippen molar-refractivity contribution in [1.82, 2.24) is 5.32 Å². The summed E-state index contributed by atoms with van der Waals surface area (Å²) in [5, 5.41) is 12.6. The van der Waals surface area contributed by atoms with Gasteiger partial charge in [0, 0.05) is 12.1 Å². The zero-order valence-corrected chi connectivity index (χ0v) is 13.9. The Bertz CT molecular complexity index is 729. The number of carboxylic acid groups (broad SMARTS) is 1. The van der Waals surface area contributed by atoms with Crippen LogP contribution in [0.4, 0.5) is 10.5 Å². The molecular weight excluding hydrogens is 312 g/mol. The van der Waals surface area contributed by atoms with Crippen LogP contribution >= 0.6 is 0 Å². The summed E-state index contributed by atoms with van der Waals surface area (Å²) in [6, 6.07) is 4.60. The highest BCUT2D eigenvalue weighted by molar-refractivity contribution is 6.22. The molecule has 128 valence electrons. The van der Waals surface area contributed by atoms with Gasteiger partial charge < -0.3 is 15.2 Å². The lowest BCUT2D eigenvalue weighted by Gasteiger charge is -2.25. The van der Waals surface area contributed by atoms with Gasteiger partial charge in [-0.05, 0) is 45.9 Å². The van der Waals surface area contributed by atoms with E-state index in [4.69, 9.17) is 4.74 Å². The van der Waals surface area contributed by atoms with Gasteiger partial charge in [-0.3, -0.25) is 4.79 Å². The first-order valence-corrected chi connectivity index (χ1v) is 7.82. The molecule has 2 aliphatic heterocycles. The number of benzene rings is 1. The molecule has 0 aromatic heterocycles. The lowest BCUT2D eigenvalue weighted by Crippen LogP contribution is -2.46. The number of carboxylic acids is 1. The number of carbonyl (C=O) groups is 3. The van der Waals surface area contributed by atoms with E-state index in [9.17, 15) is 19.5 Å². The summed E-state index contributed by atoms with van der Waals surface area (Å²) in [5.41, 5.74) is -1.03. The molecule has 1 atom stereocenters. The van der Waals surface area contributed by atoms with Gasteiger partial charge in [0.15, 0.2) is 0 Å². The van der Waals surface area contributed by atoms with E-state index in [0.29, 0.717) is 30.8 Å². The average Bonchev–Trinajstić information content (AvgIpc) is 3.03.